The van der Waals surface area contributed by atoms with Gasteiger partial charge in [-0.3, -0.25) is 4.72 Å². The topological polar surface area (TPSA) is 88.4 Å². The maximum atomic E-state index is 11.4. The molecule has 0 saturated carbocycles. The maximum Gasteiger partial charge on any atom is 0.230 e. The van der Waals surface area contributed by atoms with Gasteiger partial charge in [-0.15, -0.1) is 0 Å². The Kier molecular flexibility index (Phi) is 3.53. The number of rotatable bonds is 3. The van der Waals surface area contributed by atoms with Gasteiger partial charge in [0.1, 0.15) is 11.4 Å². The molecule has 102 valence electrons. The summed E-state index contributed by atoms with van der Waals surface area (Å²) < 4.78 is 35.9. The fourth-order valence-corrected chi connectivity index (χ4v) is 2.60. The summed E-state index contributed by atoms with van der Waals surface area (Å²) in [5.74, 6) is 0.445. The van der Waals surface area contributed by atoms with Crippen LogP contribution in [0.25, 0.3) is 0 Å². The summed E-state index contributed by atoms with van der Waals surface area (Å²) in [5.41, 5.74) is 0.933. The lowest BCUT2D eigenvalue weighted by Gasteiger charge is -2.25. The minimum absolute atomic E-state index is 0.252. The first-order valence-electron chi connectivity index (χ1n) is 5.67. The van der Waals surface area contributed by atoms with Gasteiger partial charge in [0.15, 0.2) is 5.75 Å². The van der Waals surface area contributed by atoms with E-state index in [1.807, 2.05) is 0 Å². The highest BCUT2D eigenvalue weighted by Gasteiger charge is 2.27. The van der Waals surface area contributed by atoms with Gasteiger partial charge in [0.05, 0.1) is 32.0 Å². The second-order valence-electron chi connectivity index (χ2n) is 4.25. The summed E-state index contributed by atoms with van der Waals surface area (Å²) in [5, 5.41) is 9.11. The zero-order chi connectivity index (χ0) is 14.0. The van der Waals surface area contributed by atoms with E-state index < -0.39 is 10.0 Å². The van der Waals surface area contributed by atoms with Crippen LogP contribution < -0.4 is 14.2 Å². The molecule has 0 aromatic heterocycles. The zero-order valence-corrected chi connectivity index (χ0v) is 11.5. The lowest BCUT2D eigenvalue weighted by atomic mass is 9.94. The lowest BCUT2D eigenvalue weighted by Crippen LogP contribution is -2.18. The van der Waals surface area contributed by atoms with Crippen molar-refractivity contribution in [2.24, 2.45) is 0 Å². The quantitative estimate of drug-likeness (QED) is 0.906. The molecule has 0 aliphatic carbocycles. The molecule has 0 amide bonds. The summed E-state index contributed by atoms with van der Waals surface area (Å²) in [6.07, 6.45) is 1.64. The molecule has 6 nitrogen and oxygen atoms in total. The van der Waals surface area contributed by atoms with E-state index in [0.717, 1.165) is 6.26 Å². The van der Waals surface area contributed by atoms with Crippen LogP contribution in [0.2, 0.25) is 0 Å². The molecular formula is C12H14N2O4S. The molecule has 0 radical (unpaired) electrons. The zero-order valence-electron chi connectivity index (χ0n) is 10.6. The highest BCUT2D eigenvalue weighted by molar-refractivity contribution is 7.92. The van der Waals surface area contributed by atoms with Crippen molar-refractivity contribution in [3.63, 3.8) is 0 Å². The molecule has 1 aliphatic heterocycles. The number of methoxy groups -OCH3 is 1. The van der Waals surface area contributed by atoms with Crippen LogP contribution >= 0.6 is 0 Å². The van der Waals surface area contributed by atoms with Gasteiger partial charge in [-0.25, -0.2) is 8.42 Å². The first-order valence-corrected chi connectivity index (χ1v) is 7.56. The van der Waals surface area contributed by atoms with Crippen molar-refractivity contribution in [3.05, 3.63) is 17.7 Å². The first kappa shape index (κ1) is 13.5. The van der Waals surface area contributed by atoms with E-state index in [1.165, 1.54) is 7.11 Å². The number of hydrogen-bond donors (Lipinski definition) is 1. The van der Waals surface area contributed by atoms with Gasteiger partial charge < -0.3 is 9.47 Å². The SMILES string of the molecule is COc1ccc2c(c1NS(C)(=O)=O)OCCC2C#N. The Bertz CT molecular complexity index is 634. The Morgan fingerprint density at radius 2 is 2.26 bits per heavy atom. The average molecular weight is 282 g/mol. The summed E-state index contributed by atoms with van der Waals surface area (Å²) >= 11 is 0. The first-order chi connectivity index (χ1) is 8.96. The molecule has 19 heavy (non-hydrogen) atoms. The van der Waals surface area contributed by atoms with Crippen molar-refractivity contribution in [2.45, 2.75) is 12.3 Å². The molecule has 1 unspecified atom stereocenters. The van der Waals surface area contributed by atoms with Crippen LogP contribution in [0, 0.1) is 11.3 Å². The minimum atomic E-state index is -3.46. The Labute approximate surface area is 112 Å². The summed E-state index contributed by atoms with van der Waals surface area (Å²) in [4.78, 5) is 0. The molecule has 1 aromatic rings. The number of ether oxygens (including phenoxy) is 2. The molecule has 1 N–H and O–H groups in total. The van der Waals surface area contributed by atoms with Crippen LogP contribution in [-0.4, -0.2) is 28.4 Å². The molecule has 1 aromatic carbocycles. The minimum Gasteiger partial charge on any atom is -0.494 e. The predicted octanol–water partition coefficient (Wildman–Crippen LogP) is 1.46. The number of sulfonamides is 1. The van der Waals surface area contributed by atoms with Crippen LogP contribution in [-0.2, 0) is 10.0 Å². The van der Waals surface area contributed by atoms with Crippen molar-refractivity contribution in [1.82, 2.24) is 0 Å². The third-order valence-electron chi connectivity index (χ3n) is 2.84. The molecule has 0 fully saturated rings. The Balaban J connectivity index is 2.59. The second-order valence-corrected chi connectivity index (χ2v) is 6.00. The van der Waals surface area contributed by atoms with Crippen molar-refractivity contribution >= 4 is 15.7 Å². The summed E-state index contributed by atoms with van der Waals surface area (Å²) in [7, 11) is -2.02. The number of nitriles is 1. The number of hydrogen-bond acceptors (Lipinski definition) is 5. The molecule has 0 spiro atoms. The molecular weight excluding hydrogens is 268 g/mol. The van der Waals surface area contributed by atoms with E-state index in [9.17, 15) is 8.42 Å². The predicted molar refractivity (Wildman–Crippen MR) is 69.9 cm³/mol. The van der Waals surface area contributed by atoms with E-state index in [-0.39, 0.29) is 11.6 Å². The number of nitrogens with one attached hydrogen (secondary N) is 1. The molecule has 7 heteroatoms. The Hall–Kier alpha value is -1.94. The number of anilines is 1. The summed E-state index contributed by atoms with van der Waals surface area (Å²) in [6.45, 7) is 0.372. The van der Waals surface area contributed by atoms with Gasteiger partial charge in [0.2, 0.25) is 10.0 Å². The fourth-order valence-electron chi connectivity index (χ4n) is 2.03. The van der Waals surface area contributed by atoms with Crippen molar-refractivity contribution in [3.8, 4) is 17.6 Å². The van der Waals surface area contributed by atoms with E-state index in [1.54, 1.807) is 12.1 Å². The van der Waals surface area contributed by atoms with Gasteiger partial charge in [-0.1, -0.05) is 6.07 Å². The monoisotopic (exact) mass is 282 g/mol. The van der Waals surface area contributed by atoms with Crippen LogP contribution in [0.4, 0.5) is 5.69 Å². The van der Waals surface area contributed by atoms with Crippen molar-refractivity contribution < 1.29 is 17.9 Å². The van der Waals surface area contributed by atoms with E-state index in [0.29, 0.717) is 30.1 Å². The van der Waals surface area contributed by atoms with Gasteiger partial charge in [0.25, 0.3) is 0 Å². The second kappa shape index (κ2) is 4.97. The summed E-state index contributed by atoms with van der Waals surface area (Å²) in [6, 6.07) is 5.55. The van der Waals surface area contributed by atoms with Gasteiger partial charge in [-0.2, -0.15) is 5.26 Å². The standard InChI is InChI=1S/C12H14N2O4S/c1-17-10-4-3-9-8(7-13)5-6-18-12(9)11(10)14-19(2,15)16/h3-4,8,14H,5-6H2,1-2H3. The highest BCUT2D eigenvalue weighted by Crippen LogP contribution is 2.44. The average Bonchev–Trinajstić information content (AvgIpc) is 2.36. The van der Waals surface area contributed by atoms with Crippen LogP contribution in [0.5, 0.6) is 11.5 Å². The maximum absolute atomic E-state index is 11.4. The van der Waals surface area contributed by atoms with Crippen molar-refractivity contribution in [1.29, 1.82) is 5.26 Å². The Morgan fingerprint density at radius 3 is 2.84 bits per heavy atom. The van der Waals surface area contributed by atoms with Crippen LogP contribution in [0.3, 0.4) is 0 Å². The fraction of sp³-hybridized carbons (Fsp3) is 0.417. The molecule has 1 aliphatic rings. The molecule has 1 atom stereocenters. The van der Waals surface area contributed by atoms with Gasteiger partial charge in [0, 0.05) is 12.0 Å². The van der Waals surface area contributed by atoms with Crippen molar-refractivity contribution in [2.75, 3.05) is 24.7 Å². The lowest BCUT2D eigenvalue weighted by molar-refractivity contribution is 0.280. The molecule has 0 bridgehead atoms. The largest absolute Gasteiger partial charge is 0.494 e. The smallest absolute Gasteiger partial charge is 0.230 e. The van der Waals surface area contributed by atoms with Gasteiger partial charge in [-0.05, 0) is 6.07 Å². The Morgan fingerprint density at radius 1 is 1.53 bits per heavy atom. The third-order valence-corrected chi connectivity index (χ3v) is 3.42. The third kappa shape index (κ3) is 2.74. The highest BCUT2D eigenvalue weighted by atomic mass is 32.2. The van der Waals surface area contributed by atoms with E-state index in [4.69, 9.17) is 14.7 Å². The number of fused-ring (bicyclic) bond motifs is 1. The van der Waals surface area contributed by atoms with E-state index in [2.05, 4.69) is 10.8 Å². The molecule has 1 heterocycles. The van der Waals surface area contributed by atoms with Crippen LogP contribution in [0.15, 0.2) is 12.1 Å². The normalized spacial score (nSPS) is 17.8. The molecule has 0 saturated heterocycles. The van der Waals surface area contributed by atoms with Crippen LogP contribution in [0.1, 0.15) is 17.9 Å². The van der Waals surface area contributed by atoms with Gasteiger partial charge >= 0.3 is 0 Å². The number of benzene rings is 1. The van der Waals surface area contributed by atoms with E-state index >= 15 is 0 Å². The number of nitrogens with zero attached hydrogens (tertiary/aromatic N) is 1. The molecule has 2 rings (SSSR count).